The molecule has 1 fully saturated rings. The van der Waals surface area contributed by atoms with Gasteiger partial charge < -0.3 is 21.1 Å². The molecule has 220 valence electrons. The molecule has 2 aromatic carbocycles. The van der Waals surface area contributed by atoms with Gasteiger partial charge in [-0.2, -0.15) is 18.3 Å². The van der Waals surface area contributed by atoms with E-state index in [0.29, 0.717) is 17.9 Å². The van der Waals surface area contributed by atoms with Crippen LogP contribution >= 0.6 is 0 Å². The van der Waals surface area contributed by atoms with Crippen molar-refractivity contribution in [1.82, 2.24) is 19.7 Å². The van der Waals surface area contributed by atoms with E-state index in [4.69, 9.17) is 10.5 Å². The Kier molecular flexibility index (Phi) is 9.03. The number of anilines is 3. The lowest BCUT2D eigenvalue weighted by Crippen LogP contribution is -2.37. The largest absolute Gasteiger partial charge is 0.416 e. The molecule has 0 spiro atoms. The molecular weight excluding hydrogens is 547 g/mol. The number of aromatic nitrogens is 3. The molecule has 0 atom stereocenters. The van der Waals surface area contributed by atoms with Gasteiger partial charge in [0.05, 0.1) is 31.0 Å². The number of amides is 1. The Morgan fingerprint density at radius 3 is 2.62 bits per heavy atom. The van der Waals surface area contributed by atoms with Crippen LogP contribution in [0, 0.1) is 0 Å². The fourth-order valence-electron chi connectivity index (χ4n) is 4.72. The Bertz CT molecular complexity index is 1500. The number of pyridine rings is 1. The zero-order chi connectivity index (χ0) is 29.5. The summed E-state index contributed by atoms with van der Waals surface area (Å²) in [5, 5.41) is 10.4. The van der Waals surface area contributed by atoms with Crippen molar-refractivity contribution in [2.75, 3.05) is 55.8 Å². The van der Waals surface area contributed by atoms with Gasteiger partial charge in [-0.15, -0.1) is 0 Å². The average Bonchev–Trinajstić information content (AvgIpc) is 3.45. The molecule has 0 bridgehead atoms. The Morgan fingerprint density at radius 2 is 1.88 bits per heavy atom. The van der Waals surface area contributed by atoms with E-state index in [2.05, 4.69) is 25.6 Å². The van der Waals surface area contributed by atoms with Crippen LogP contribution in [0.4, 0.5) is 30.4 Å². The summed E-state index contributed by atoms with van der Waals surface area (Å²) in [6.07, 6.45) is -0.0161. The number of ether oxygens (including phenoxy) is 1. The van der Waals surface area contributed by atoms with E-state index < -0.39 is 17.6 Å². The number of halogens is 3. The molecular formula is C30H32F3N7O2. The van der Waals surface area contributed by atoms with Gasteiger partial charge in [0.2, 0.25) is 0 Å². The standard InChI is InChI=1S/C30H32F3N7O2/c31-30(32,33)24-4-1-3-21(17-24)29(41)38-25-7-5-23(26(34)18-25)20-40-27(9-11-37-40)22-6-8-28(36-19-22)35-10-2-12-39-13-15-42-16-14-39/h1,3-9,11,17-19H,2,10,12-16,20,34H2,(H,35,36)(H,38,41). The maximum Gasteiger partial charge on any atom is 0.416 e. The number of hydrogen-bond donors (Lipinski definition) is 3. The molecule has 1 aliphatic heterocycles. The highest BCUT2D eigenvalue weighted by atomic mass is 19.4. The van der Waals surface area contributed by atoms with Crippen LogP contribution in [0.2, 0.25) is 0 Å². The van der Waals surface area contributed by atoms with Crippen LogP contribution < -0.4 is 16.4 Å². The first-order valence-electron chi connectivity index (χ1n) is 13.7. The highest BCUT2D eigenvalue weighted by molar-refractivity contribution is 6.04. The first-order chi connectivity index (χ1) is 20.3. The molecule has 5 rings (SSSR count). The maximum atomic E-state index is 13.0. The Morgan fingerprint density at radius 1 is 1.05 bits per heavy atom. The minimum Gasteiger partial charge on any atom is -0.398 e. The fraction of sp³-hybridized carbons (Fsp3) is 0.300. The van der Waals surface area contributed by atoms with Gasteiger partial charge in [0.15, 0.2) is 0 Å². The number of hydrogen-bond acceptors (Lipinski definition) is 7. The van der Waals surface area contributed by atoms with Crippen molar-refractivity contribution >= 4 is 23.1 Å². The number of carbonyl (C=O) groups is 1. The monoisotopic (exact) mass is 579 g/mol. The Hall–Kier alpha value is -4.42. The number of carbonyl (C=O) groups excluding carboxylic acids is 1. The van der Waals surface area contributed by atoms with E-state index in [1.54, 1.807) is 35.3 Å². The molecule has 0 saturated carbocycles. The molecule has 4 N–H and O–H groups in total. The molecule has 0 unspecified atom stereocenters. The minimum absolute atomic E-state index is 0.100. The van der Waals surface area contributed by atoms with Crippen LogP contribution in [0.5, 0.6) is 0 Å². The SMILES string of the molecule is Nc1cc(NC(=O)c2cccc(C(F)(F)F)c2)ccc1Cn1nccc1-c1ccc(NCCCN2CCOCC2)nc1. The van der Waals surface area contributed by atoms with Crippen LogP contribution in [0.1, 0.15) is 27.9 Å². The number of nitrogen functional groups attached to an aromatic ring is 1. The third-order valence-corrected chi connectivity index (χ3v) is 7.01. The molecule has 1 saturated heterocycles. The van der Waals surface area contributed by atoms with Gasteiger partial charge in [-0.1, -0.05) is 12.1 Å². The van der Waals surface area contributed by atoms with Crippen molar-refractivity contribution in [3.8, 4) is 11.3 Å². The van der Waals surface area contributed by atoms with Crippen molar-refractivity contribution < 1.29 is 22.7 Å². The molecule has 1 amide bonds. The van der Waals surface area contributed by atoms with E-state index >= 15 is 0 Å². The maximum absolute atomic E-state index is 13.0. The van der Waals surface area contributed by atoms with Crippen LogP contribution in [-0.4, -0.2) is 65.0 Å². The summed E-state index contributed by atoms with van der Waals surface area (Å²) in [5.74, 6) is 0.143. The lowest BCUT2D eigenvalue weighted by molar-refractivity contribution is -0.137. The van der Waals surface area contributed by atoms with Gasteiger partial charge in [-0.3, -0.25) is 14.4 Å². The Balaban J connectivity index is 1.18. The van der Waals surface area contributed by atoms with E-state index in [0.717, 1.165) is 80.6 Å². The number of alkyl halides is 3. The second-order valence-corrected chi connectivity index (χ2v) is 9.99. The first-order valence-corrected chi connectivity index (χ1v) is 13.7. The molecule has 9 nitrogen and oxygen atoms in total. The van der Waals surface area contributed by atoms with Gasteiger partial charge >= 0.3 is 6.18 Å². The number of morpholine rings is 1. The van der Waals surface area contributed by atoms with Crippen molar-refractivity contribution in [1.29, 1.82) is 0 Å². The molecule has 4 aromatic rings. The molecule has 2 aromatic heterocycles. The lowest BCUT2D eigenvalue weighted by atomic mass is 10.1. The van der Waals surface area contributed by atoms with E-state index in [1.807, 2.05) is 18.2 Å². The summed E-state index contributed by atoms with van der Waals surface area (Å²) < 4.78 is 46.2. The van der Waals surface area contributed by atoms with Crippen LogP contribution in [0.3, 0.4) is 0 Å². The highest BCUT2D eigenvalue weighted by Crippen LogP contribution is 2.30. The summed E-state index contributed by atoms with van der Waals surface area (Å²) in [4.78, 5) is 19.5. The number of nitrogens with zero attached hydrogens (tertiary/aromatic N) is 4. The third kappa shape index (κ3) is 7.45. The van der Waals surface area contributed by atoms with Gasteiger partial charge in [0, 0.05) is 54.5 Å². The number of rotatable bonds is 10. The number of benzene rings is 2. The van der Waals surface area contributed by atoms with Gasteiger partial charge in [0.25, 0.3) is 5.91 Å². The van der Waals surface area contributed by atoms with Crippen molar-refractivity contribution in [3.05, 3.63) is 89.7 Å². The van der Waals surface area contributed by atoms with Crippen LogP contribution in [-0.2, 0) is 17.5 Å². The number of nitrogens with two attached hydrogens (primary N) is 1. The zero-order valence-electron chi connectivity index (χ0n) is 22.9. The summed E-state index contributed by atoms with van der Waals surface area (Å²) in [6.45, 7) is 5.80. The smallest absolute Gasteiger partial charge is 0.398 e. The predicted octanol–water partition coefficient (Wildman–Crippen LogP) is 4.98. The predicted molar refractivity (Wildman–Crippen MR) is 155 cm³/mol. The summed E-state index contributed by atoms with van der Waals surface area (Å²) in [7, 11) is 0. The molecule has 0 aliphatic carbocycles. The van der Waals surface area contributed by atoms with Crippen molar-refractivity contribution in [2.24, 2.45) is 0 Å². The molecule has 42 heavy (non-hydrogen) atoms. The highest BCUT2D eigenvalue weighted by Gasteiger charge is 2.31. The molecule has 12 heteroatoms. The first kappa shape index (κ1) is 29.1. The molecule has 0 radical (unpaired) electrons. The topological polar surface area (TPSA) is 110 Å². The summed E-state index contributed by atoms with van der Waals surface area (Å²) in [6, 6.07) is 15.1. The third-order valence-electron chi connectivity index (χ3n) is 7.01. The lowest BCUT2D eigenvalue weighted by Gasteiger charge is -2.26. The second-order valence-electron chi connectivity index (χ2n) is 9.99. The van der Waals surface area contributed by atoms with Crippen LogP contribution in [0.25, 0.3) is 11.3 Å². The zero-order valence-corrected chi connectivity index (χ0v) is 22.9. The second kappa shape index (κ2) is 13.0. The number of nitrogens with one attached hydrogen (secondary N) is 2. The van der Waals surface area contributed by atoms with Crippen molar-refractivity contribution in [3.63, 3.8) is 0 Å². The Labute approximate surface area is 241 Å². The molecule has 1 aliphatic rings. The van der Waals surface area contributed by atoms with E-state index in [-0.39, 0.29) is 5.56 Å². The summed E-state index contributed by atoms with van der Waals surface area (Å²) >= 11 is 0. The normalized spacial score (nSPS) is 14.1. The van der Waals surface area contributed by atoms with E-state index in [9.17, 15) is 18.0 Å². The van der Waals surface area contributed by atoms with Gasteiger partial charge in [0.1, 0.15) is 5.82 Å². The van der Waals surface area contributed by atoms with Gasteiger partial charge in [-0.05, 0) is 67.1 Å². The van der Waals surface area contributed by atoms with Crippen molar-refractivity contribution in [2.45, 2.75) is 19.1 Å². The molecule has 3 heterocycles. The summed E-state index contributed by atoms with van der Waals surface area (Å²) in [5.41, 5.74) is 8.60. The quantitative estimate of drug-likeness (QED) is 0.180. The fourth-order valence-corrected chi connectivity index (χ4v) is 4.72. The van der Waals surface area contributed by atoms with Gasteiger partial charge in [-0.25, -0.2) is 4.98 Å². The average molecular weight is 580 g/mol. The van der Waals surface area contributed by atoms with E-state index in [1.165, 1.54) is 12.1 Å². The van der Waals surface area contributed by atoms with Crippen LogP contribution in [0.15, 0.2) is 73.1 Å². The minimum atomic E-state index is -4.54.